The average Bonchev–Trinajstić information content (AvgIpc) is 2.85. The largest absolute Gasteiger partial charge is 0.0656 e. The number of hydrogen-bond acceptors (Lipinski definition) is 0. The van der Waals surface area contributed by atoms with Gasteiger partial charge in [-0.15, -0.1) is 0 Å². The highest BCUT2D eigenvalue weighted by Gasteiger charge is 1.95. The van der Waals surface area contributed by atoms with Crippen molar-refractivity contribution in [3.8, 4) is 0 Å². The van der Waals surface area contributed by atoms with Gasteiger partial charge in [0.15, 0.2) is 0 Å². The summed E-state index contributed by atoms with van der Waals surface area (Å²) in [7, 11) is 0. The summed E-state index contributed by atoms with van der Waals surface area (Å²) in [6, 6.07) is 0. The summed E-state index contributed by atoms with van der Waals surface area (Å²) >= 11 is 0. The van der Waals surface area contributed by atoms with Crippen LogP contribution in [0, 0.1) is 0 Å². The maximum absolute atomic E-state index is 2.12. The van der Waals surface area contributed by atoms with E-state index in [1.54, 1.807) is 0 Å². The Kier molecular flexibility index (Phi) is 12.0. The van der Waals surface area contributed by atoms with Crippen molar-refractivity contribution in [3.63, 3.8) is 0 Å². The molecule has 0 aliphatic heterocycles. The zero-order chi connectivity index (χ0) is 9.78. The molecule has 13 heavy (non-hydrogen) atoms. The van der Waals surface area contributed by atoms with Gasteiger partial charge in [-0.1, -0.05) is 84.5 Å². The highest BCUT2D eigenvalue weighted by molar-refractivity contribution is 4.51. The molecule has 0 spiro atoms. The minimum Gasteiger partial charge on any atom is -0.0656 e. The summed E-state index contributed by atoms with van der Waals surface area (Å²) in [6.07, 6.45) is 16.2. The SMILES string of the molecule is C1CCCC1.C1CCCC1.CCC. The van der Waals surface area contributed by atoms with Gasteiger partial charge >= 0.3 is 0 Å². The van der Waals surface area contributed by atoms with Gasteiger partial charge in [0.1, 0.15) is 0 Å². The maximum atomic E-state index is 2.12. The van der Waals surface area contributed by atoms with Crippen molar-refractivity contribution in [3.05, 3.63) is 0 Å². The molecule has 2 aliphatic rings. The van der Waals surface area contributed by atoms with Crippen LogP contribution in [0.3, 0.4) is 0 Å². The van der Waals surface area contributed by atoms with E-state index in [0.717, 1.165) is 0 Å². The van der Waals surface area contributed by atoms with Crippen LogP contribution in [-0.4, -0.2) is 0 Å². The average molecular weight is 184 g/mol. The Hall–Kier alpha value is 0. The fourth-order valence-corrected chi connectivity index (χ4v) is 1.77. The number of hydrogen-bond donors (Lipinski definition) is 0. The predicted molar refractivity (Wildman–Crippen MR) is 62.1 cm³/mol. The van der Waals surface area contributed by atoms with Crippen LogP contribution in [0.4, 0.5) is 0 Å². The van der Waals surface area contributed by atoms with Gasteiger partial charge in [0.2, 0.25) is 0 Å². The van der Waals surface area contributed by atoms with Crippen molar-refractivity contribution in [1.29, 1.82) is 0 Å². The topological polar surface area (TPSA) is 0 Å². The lowest BCUT2D eigenvalue weighted by molar-refractivity contribution is 0.886. The fraction of sp³-hybridized carbons (Fsp3) is 1.00. The first-order valence-electron chi connectivity index (χ1n) is 6.41. The molecular weight excluding hydrogens is 156 g/mol. The van der Waals surface area contributed by atoms with Crippen molar-refractivity contribution in [1.82, 2.24) is 0 Å². The first-order chi connectivity index (χ1) is 6.41. The monoisotopic (exact) mass is 184 g/mol. The van der Waals surface area contributed by atoms with Gasteiger partial charge in [0, 0.05) is 0 Å². The number of rotatable bonds is 0. The molecule has 2 saturated carbocycles. The first-order valence-corrected chi connectivity index (χ1v) is 6.41. The third kappa shape index (κ3) is 12.0. The molecule has 0 aromatic carbocycles. The van der Waals surface area contributed by atoms with E-state index in [1.165, 1.54) is 70.6 Å². The molecule has 0 nitrogen and oxygen atoms in total. The highest BCUT2D eigenvalue weighted by Crippen LogP contribution is 2.15. The summed E-state index contributed by atoms with van der Waals surface area (Å²) in [5.41, 5.74) is 0. The van der Waals surface area contributed by atoms with Crippen molar-refractivity contribution < 1.29 is 0 Å². The lowest BCUT2D eigenvalue weighted by Crippen LogP contribution is -1.47. The van der Waals surface area contributed by atoms with Gasteiger partial charge in [-0.3, -0.25) is 0 Å². The minimum absolute atomic E-state index is 1.25. The van der Waals surface area contributed by atoms with Crippen LogP contribution >= 0.6 is 0 Å². The third-order valence-corrected chi connectivity index (χ3v) is 2.50. The summed E-state index contributed by atoms with van der Waals surface area (Å²) in [6.45, 7) is 4.25. The van der Waals surface area contributed by atoms with Crippen LogP contribution in [0.25, 0.3) is 0 Å². The predicted octanol–water partition coefficient (Wildman–Crippen LogP) is 5.32. The molecule has 0 unspecified atom stereocenters. The van der Waals surface area contributed by atoms with Gasteiger partial charge < -0.3 is 0 Å². The van der Waals surface area contributed by atoms with Gasteiger partial charge in [-0.2, -0.15) is 0 Å². The van der Waals surface area contributed by atoms with E-state index in [1.807, 2.05) is 0 Å². The molecule has 2 rings (SSSR count). The Morgan fingerprint density at radius 1 is 0.462 bits per heavy atom. The van der Waals surface area contributed by atoms with E-state index in [-0.39, 0.29) is 0 Å². The van der Waals surface area contributed by atoms with Crippen LogP contribution in [-0.2, 0) is 0 Å². The van der Waals surface area contributed by atoms with Gasteiger partial charge in [0.05, 0.1) is 0 Å². The van der Waals surface area contributed by atoms with Gasteiger partial charge in [0.25, 0.3) is 0 Å². The van der Waals surface area contributed by atoms with E-state index >= 15 is 0 Å². The second-order valence-corrected chi connectivity index (χ2v) is 4.24. The molecule has 0 bridgehead atoms. The second kappa shape index (κ2) is 12.0. The van der Waals surface area contributed by atoms with Gasteiger partial charge in [-0.25, -0.2) is 0 Å². The maximum Gasteiger partial charge on any atom is -0.0533 e. The molecule has 0 aromatic heterocycles. The van der Waals surface area contributed by atoms with Crippen LogP contribution in [0.1, 0.15) is 84.5 Å². The Morgan fingerprint density at radius 2 is 0.538 bits per heavy atom. The quantitative estimate of drug-likeness (QED) is 0.478. The van der Waals surface area contributed by atoms with Crippen molar-refractivity contribution in [2.24, 2.45) is 0 Å². The molecule has 80 valence electrons. The van der Waals surface area contributed by atoms with Crippen molar-refractivity contribution in [2.45, 2.75) is 84.5 Å². The zero-order valence-electron chi connectivity index (χ0n) is 9.78. The Labute approximate surface area is 85.1 Å². The van der Waals surface area contributed by atoms with Crippen LogP contribution in [0.2, 0.25) is 0 Å². The molecule has 0 saturated heterocycles. The van der Waals surface area contributed by atoms with Crippen LogP contribution in [0.5, 0.6) is 0 Å². The Balaban J connectivity index is 0.000000174. The molecule has 0 heterocycles. The summed E-state index contributed by atoms with van der Waals surface area (Å²) in [5.74, 6) is 0. The summed E-state index contributed by atoms with van der Waals surface area (Å²) < 4.78 is 0. The molecule has 0 amide bonds. The van der Waals surface area contributed by atoms with Crippen LogP contribution in [0.15, 0.2) is 0 Å². The lowest BCUT2D eigenvalue weighted by Gasteiger charge is -1.67. The Morgan fingerprint density at radius 3 is 0.615 bits per heavy atom. The molecule has 0 atom stereocenters. The minimum atomic E-state index is 1.25. The summed E-state index contributed by atoms with van der Waals surface area (Å²) in [5, 5.41) is 0. The third-order valence-electron chi connectivity index (χ3n) is 2.50. The van der Waals surface area contributed by atoms with E-state index in [9.17, 15) is 0 Å². The summed E-state index contributed by atoms with van der Waals surface area (Å²) in [4.78, 5) is 0. The molecule has 0 aromatic rings. The van der Waals surface area contributed by atoms with Crippen LogP contribution < -0.4 is 0 Å². The van der Waals surface area contributed by atoms with E-state index in [0.29, 0.717) is 0 Å². The standard InChI is InChI=1S/2C5H10.C3H8/c2*1-2-4-5-3-1;1-3-2/h2*1-5H2;3H2,1-2H3. The smallest absolute Gasteiger partial charge is 0.0533 e. The molecule has 0 heteroatoms. The zero-order valence-corrected chi connectivity index (χ0v) is 9.78. The van der Waals surface area contributed by atoms with Gasteiger partial charge in [-0.05, 0) is 0 Å². The molecule has 0 N–H and O–H groups in total. The van der Waals surface area contributed by atoms with Crippen molar-refractivity contribution >= 4 is 0 Å². The molecular formula is C13H28. The molecule has 0 radical (unpaired) electrons. The first kappa shape index (κ1) is 13.0. The fourth-order valence-electron chi connectivity index (χ4n) is 1.77. The molecule has 2 fully saturated rings. The normalized spacial score (nSPS) is 19.8. The van der Waals surface area contributed by atoms with Crippen molar-refractivity contribution in [2.75, 3.05) is 0 Å². The lowest BCUT2D eigenvalue weighted by atomic mass is 10.4. The highest BCUT2D eigenvalue weighted by atomic mass is 14.0. The van der Waals surface area contributed by atoms with E-state index < -0.39 is 0 Å². The van der Waals surface area contributed by atoms with E-state index in [4.69, 9.17) is 0 Å². The Bertz CT molecular complexity index is 42.9. The second-order valence-electron chi connectivity index (χ2n) is 4.24. The molecule has 2 aliphatic carbocycles. The van der Waals surface area contributed by atoms with E-state index in [2.05, 4.69) is 13.8 Å².